The number of hydrogen-bond donors (Lipinski definition) is 0. The highest BCUT2D eigenvalue weighted by atomic mass is 16.7. The zero-order valence-electron chi connectivity index (χ0n) is 9.01. The Morgan fingerprint density at radius 2 is 1.80 bits per heavy atom. The van der Waals surface area contributed by atoms with Crippen LogP contribution in [0.15, 0.2) is 30.3 Å². The van der Waals surface area contributed by atoms with Crippen LogP contribution in [0.2, 0.25) is 0 Å². The van der Waals surface area contributed by atoms with Gasteiger partial charge in [-0.2, -0.15) is 5.26 Å². The zero-order chi connectivity index (χ0) is 11.1. The molecule has 80 valence electrons. The smallest absolute Gasteiger partial charge is 0.172 e. The van der Waals surface area contributed by atoms with Crippen molar-refractivity contribution >= 4 is 0 Å². The van der Waals surface area contributed by atoms with Crippen LogP contribution in [0.25, 0.3) is 0 Å². The molecule has 15 heavy (non-hydrogen) atoms. The van der Waals surface area contributed by atoms with E-state index in [-0.39, 0.29) is 5.92 Å². The molecule has 1 aromatic rings. The van der Waals surface area contributed by atoms with Gasteiger partial charge in [-0.05, 0) is 12.0 Å². The van der Waals surface area contributed by atoms with E-state index in [1.807, 2.05) is 30.3 Å². The molecule has 0 aliphatic rings. The van der Waals surface area contributed by atoms with Crippen LogP contribution in [0, 0.1) is 17.2 Å². The summed E-state index contributed by atoms with van der Waals surface area (Å²) < 4.78 is 10.2. The van der Waals surface area contributed by atoms with E-state index in [1.54, 1.807) is 14.2 Å². The molecule has 1 rings (SSSR count). The van der Waals surface area contributed by atoms with E-state index in [4.69, 9.17) is 14.7 Å². The average Bonchev–Trinajstić information content (AvgIpc) is 2.30. The first-order valence-electron chi connectivity index (χ1n) is 4.81. The van der Waals surface area contributed by atoms with E-state index in [0.717, 1.165) is 5.56 Å². The van der Waals surface area contributed by atoms with E-state index < -0.39 is 6.29 Å². The molecule has 0 aliphatic carbocycles. The third kappa shape index (κ3) is 3.35. The maximum absolute atomic E-state index is 9.01. The summed E-state index contributed by atoms with van der Waals surface area (Å²) in [4.78, 5) is 0. The minimum absolute atomic E-state index is 0.276. The molecule has 0 heterocycles. The third-order valence-electron chi connectivity index (χ3n) is 2.26. The summed E-state index contributed by atoms with van der Waals surface area (Å²) in [5.41, 5.74) is 1.11. The first-order valence-corrected chi connectivity index (χ1v) is 4.81. The molecule has 3 heteroatoms. The van der Waals surface area contributed by atoms with Gasteiger partial charge in [-0.3, -0.25) is 0 Å². The highest BCUT2D eigenvalue weighted by Gasteiger charge is 2.20. The zero-order valence-corrected chi connectivity index (χ0v) is 9.01. The van der Waals surface area contributed by atoms with Gasteiger partial charge in [-0.1, -0.05) is 30.3 Å². The first kappa shape index (κ1) is 11.7. The van der Waals surface area contributed by atoms with Gasteiger partial charge in [-0.15, -0.1) is 0 Å². The normalized spacial score (nSPS) is 12.4. The van der Waals surface area contributed by atoms with E-state index >= 15 is 0 Å². The van der Waals surface area contributed by atoms with E-state index in [9.17, 15) is 0 Å². The lowest BCUT2D eigenvalue weighted by Crippen LogP contribution is -2.25. The van der Waals surface area contributed by atoms with Gasteiger partial charge in [0.05, 0.1) is 6.07 Å². The first-order chi connectivity index (χ1) is 7.31. The fraction of sp³-hybridized carbons (Fsp3) is 0.417. The Morgan fingerprint density at radius 3 is 2.27 bits per heavy atom. The Labute approximate surface area is 90.2 Å². The minimum Gasteiger partial charge on any atom is -0.354 e. The molecule has 1 unspecified atom stereocenters. The molecule has 1 atom stereocenters. The van der Waals surface area contributed by atoms with Crippen molar-refractivity contribution in [2.75, 3.05) is 14.2 Å². The second-order valence-electron chi connectivity index (χ2n) is 3.27. The molecule has 0 aliphatic heterocycles. The maximum Gasteiger partial charge on any atom is 0.172 e. The van der Waals surface area contributed by atoms with Crippen LogP contribution in [0.5, 0.6) is 0 Å². The lowest BCUT2D eigenvalue weighted by atomic mass is 10.0. The molecule has 0 radical (unpaired) electrons. The number of nitrogens with zero attached hydrogens (tertiary/aromatic N) is 1. The van der Waals surface area contributed by atoms with Crippen LogP contribution in [0.4, 0.5) is 0 Å². The van der Waals surface area contributed by atoms with E-state index in [0.29, 0.717) is 6.42 Å². The molecular weight excluding hydrogens is 190 g/mol. The fourth-order valence-corrected chi connectivity index (χ4v) is 1.50. The van der Waals surface area contributed by atoms with Crippen molar-refractivity contribution in [1.82, 2.24) is 0 Å². The highest BCUT2D eigenvalue weighted by Crippen LogP contribution is 2.14. The lowest BCUT2D eigenvalue weighted by molar-refractivity contribution is -0.124. The predicted octanol–water partition coefficient (Wildman–Crippen LogP) is 1.99. The van der Waals surface area contributed by atoms with Gasteiger partial charge in [0.15, 0.2) is 6.29 Å². The molecule has 0 N–H and O–H groups in total. The van der Waals surface area contributed by atoms with Crippen molar-refractivity contribution < 1.29 is 9.47 Å². The fourth-order valence-electron chi connectivity index (χ4n) is 1.50. The molecule has 0 saturated carbocycles. The Hall–Kier alpha value is -1.37. The predicted molar refractivity (Wildman–Crippen MR) is 57.1 cm³/mol. The summed E-state index contributed by atoms with van der Waals surface area (Å²) in [7, 11) is 3.09. The molecule has 0 bridgehead atoms. The van der Waals surface area contributed by atoms with E-state index in [1.165, 1.54) is 0 Å². The van der Waals surface area contributed by atoms with Crippen molar-refractivity contribution in [3.63, 3.8) is 0 Å². The summed E-state index contributed by atoms with van der Waals surface area (Å²) in [6.07, 6.45) is 0.180. The summed E-state index contributed by atoms with van der Waals surface area (Å²) >= 11 is 0. The Balaban J connectivity index is 2.66. The molecule has 0 amide bonds. The van der Waals surface area contributed by atoms with Gasteiger partial charge in [0.25, 0.3) is 0 Å². The quantitative estimate of drug-likeness (QED) is 0.690. The lowest BCUT2D eigenvalue weighted by Gasteiger charge is -2.18. The minimum atomic E-state index is -0.463. The van der Waals surface area contributed by atoms with Gasteiger partial charge in [0, 0.05) is 14.2 Å². The Bertz CT molecular complexity index is 314. The van der Waals surface area contributed by atoms with E-state index in [2.05, 4.69) is 6.07 Å². The molecule has 0 spiro atoms. The summed E-state index contributed by atoms with van der Waals surface area (Å²) in [5, 5.41) is 9.01. The van der Waals surface area contributed by atoms with Crippen LogP contribution < -0.4 is 0 Å². The summed E-state index contributed by atoms with van der Waals surface area (Å²) in [6.45, 7) is 0. The van der Waals surface area contributed by atoms with Crippen molar-refractivity contribution in [2.45, 2.75) is 12.7 Å². The monoisotopic (exact) mass is 205 g/mol. The van der Waals surface area contributed by atoms with Gasteiger partial charge in [0.1, 0.15) is 5.92 Å². The van der Waals surface area contributed by atoms with Crippen LogP contribution in [-0.4, -0.2) is 20.5 Å². The maximum atomic E-state index is 9.01. The number of rotatable bonds is 5. The molecule has 0 aromatic heterocycles. The van der Waals surface area contributed by atoms with Crippen LogP contribution in [0.3, 0.4) is 0 Å². The van der Waals surface area contributed by atoms with Gasteiger partial charge in [0.2, 0.25) is 0 Å². The number of benzene rings is 1. The standard InChI is InChI=1S/C12H15NO2/c1-14-12(15-2)11(9-13)8-10-6-4-3-5-7-10/h3-7,11-12H,8H2,1-2H3. The number of methoxy groups -OCH3 is 2. The van der Waals surface area contributed by atoms with Crippen molar-refractivity contribution in [2.24, 2.45) is 5.92 Å². The van der Waals surface area contributed by atoms with Crippen LogP contribution in [0.1, 0.15) is 5.56 Å². The third-order valence-corrected chi connectivity index (χ3v) is 2.26. The van der Waals surface area contributed by atoms with Gasteiger partial charge < -0.3 is 9.47 Å². The van der Waals surface area contributed by atoms with Crippen LogP contribution in [-0.2, 0) is 15.9 Å². The van der Waals surface area contributed by atoms with Crippen LogP contribution >= 0.6 is 0 Å². The van der Waals surface area contributed by atoms with Crippen molar-refractivity contribution in [1.29, 1.82) is 5.26 Å². The molecular formula is C12H15NO2. The molecule has 1 aromatic carbocycles. The molecule has 3 nitrogen and oxygen atoms in total. The molecule has 0 fully saturated rings. The Kier molecular flexibility index (Phi) is 4.82. The topological polar surface area (TPSA) is 42.2 Å². The van der Waals surface area contributed by atoms with Crippen molar-refractivity contribution in [3.05, 3.63) is 35.9 Å². The van der Waals surface area contributed by atoms with Gasteiger partial charge >= 0.3 is 0 Å². The summed E-state index contributed by atoms with van der Waals surface area (Å²) in [6, 6.07) is 12.1. The second-order valence-corrected chi connectivity index (χ2v) is 3.27. The largest absolute Gasteiger partial charge is 0.354 e. The van der Waals surface area contributed by atoms with Crippen molar-refractivity contribution in [3.8, 4) is 6.07 Å². The number of ether oxygens (including phenoxy) is 2. The summed E-state index contributed by atoms with van der Waals surface area (Å²) in [5.74, 6) is -0.276. The SMILES string of the molecule is COC(OC)C(C#N)Cc1ccccc1. The van der Waals surface area contributed by atoms with Gasteiger partial charge in [-0.25, -0.2) is 0 Å². The Morgan fingerprint density at radius 1 is 1.20 bits per heavy atom. The number of hydrogen-bond acceptors (Lipinski definition) is 3. The molecule has 0 saturated heterocycles. The highest BCUT2D eigenvalue weighted by molar-refractivity contribution is 5.16. The second kappa shape index (κ2) is 6.18. The average molecular weight is 205 g/mol. The number of nitriles is 1.